The van der Waals surface area contributed by atoms with Crippen LogP contribution in [-0.2, 0) is 16.4 Å². The summed E-state index contributed by atoms with van der Waals surface area (Å²) in [6, 6.07) is 3.90. The van der Waals surface area contributed by atoms with Gasteiger partial charge in [-0.25, -0.2) is 8.42 Å². The van der Waals surface area contributed by atoms with Crippen molar-refractivity contribution in [2.75, 3.05) is 37.4 Å². The molecular weight excluding hydrogens is 336 g/mol. The fraction of sp³-hybridized carbons (Fsp3) is 0.667. The molecular formula is C12H19ClN2O2S3. The molecule has 20 heavy (non-hydrogen) atoms. The topological polar surface area (TPSA) is 49.4 Å². The summed E-state index contributed by atoms with van der Waals surface area (Å²) in [5, 5.41) is 3.01. The maximum absolute atomic E-state index is 11.8. The zero-order valence-electron chi connectivity index (χ0n) is 11.3. The van der Waals surface area contributed by atoms with E-state index in [4.69, 9.17) is 11.6 Å². The molecule has 0 amide bonds. The quantitative estimate of drug-likeness (QED) is 0.791. The van der Waals surface area contributed by atoms with Crippen LogP contribution in [0.1, 0.15) is 4.88 Å². The Morgan fingerprint density at radius 1 is 1.50 bits per heavy atom. The fourth-order valence-electron chi connectivity index (χ4n) is 2.15. The van der Waals surface area contributed by atoms with Gasteiger partial charge in [0.25, 0.3) is 0 Å². The summed E-state index contributed by atoms with van der Waals surface area (Å²) in [6.45, 7) is 3.17. The second kappa shape index (κ2) is 7.47. The summed E-state index contributed by atoms with van der Waals surface area (Å²) < 4.78 is 24.3. The van der Waals surface area contributed by atoms with Crippen molar-refractivity contribution in [1.82, 2.24) is 10.2 Å². The van der Waals surface area contributed by atoms with Crippen LogP contribution >= 0.6 is 34.7 Å². The molecule has 1 unspecified atom stereocenters. The third kappa shape index (κ3) is 4.89. The van der Waals surface area contributed by atoms with Crippen LogP contribution < -0.4 is 5.32 Å². The van der Waals surface area contributed by atoms with Crippen molar-refractivity contribution in [3.8, 4) is 0 Å². The van der Waals surface area contributed by atoms with Crippen molar-refractivity contribution in [2.45, 2.75) is 11.9 Å². The Morgan fingerprint density at radius 2 is 2.30 bits per heavy atom. The number of rotatable bonds is 6. The third-order valence-corrected chi connectivity index (χ3v) is 7.11. The number of hydrogen-bond acceptors (Lipinski definition) is 6. The maximum Gasteiger partial charge on any atom is 0.164 e. The Morgan fingerprint density at radius 3 is 2.95 bits per heavy atom. The Bertz CT molecular complexity index is 533. The van der Waals surface area contributed by atoms with Crippen LogP contribution in [0.2, 0.25) is 4.34 Å². The molecule has 1 aliphatic heterocycles. The largest absolute Gasteiger partial charge is 0.311 e. The van der Waals surface area contributed by atoms with E-state index in [1.807, 2.05) is 12.1 Å². The number of thioether (sulfide) groups is 1. The lowest BCUT2D eigenvalue weighted by Crippen LogP contribution is -2.49. The molecule has 2 rings (SSSR count). The zero-order valence-corrected chi connectivity index (χ0v) is 14.5. The summed E-state index contributed by atoms with van der Waals surface area (Å²) in [4.78, 5) is 3.27. The molecule has 0 bridgehead atoms. The first kappa shape index (κ1) is 16.6. The minimum Gasteiger partial charge on any atom is -0.311 e. The Kier molecular flexibility index (Phi) is 6.19. The second-order valence-corrected chi connectivity index (χ2v) is 9.93. The first-order valence-corrected chi connectivity index (χ1v) is 10.7. The average molecular weight is 355 g/mol. The summed E-state index contributed by atoms with van der Waals surface area (Å²) in [5.41, 5.74) is 0. The maximum atomic E-state index is 11.8. The molecule has 0 saturated carbocycles. The van der Waals surface area contributed by atoms with Crippen molar-refractivity contribution in [3.63, 3.8) is 0 Å². The Hall–Kier alpha value is 0.210. The third-order valence-electron chi connectivity index (χ3n) is 3.19. The first-order valence-electron chi connectivity index (χ1n) is 6.42. The van der Waals surface area contributed by atoms with Crippen molar-refractivity contribution < 1.29 is 8.42 Å². The van der Waals surface area contributed by atoms with Gasteiger partial charge in [-0.3, -0.25) is 4.90 Å². The molecule has 8 heteroatoms. The molecule has 2 heterocycles. The van der Waals surface area contributed by atoms with Gasteiger partial charge in [-0.15, -0.1) is 11.3 Å². The summed E-state index contributed by atoms with van der Waals surface area (Å²) in [7, 11) is -3.00. The van der Waals surface area contributed by atoms with E-state index in [0.29, 0.717) is 5.75 Å². The predicted octanol–water partition coefficient (Wildman–Crippen LogP) is 1.91. The molecule has 1 aliphatic rings. The first-order chi connectivity index (χ1) is 9.47. The Balaban J connectivity index is 1.77. The minimum absolute atomic E-state index is 0.334. The van der Waals surface area contributed by atoms with Crippen molar-refractivity contribution in [1.29, 1.82) is 0 Å². The smallest absolute Gasteiger partial charge is 0.164 e. The van der Waals surface area contributed by atoms with Gasteiger partial charge < -0.3 is 5.32 Å². The van der Waals surface area contributed by atoms with Gasteiger partial charge in [0.2, 0.25) is 0 Å². The van der Waals surface area contributed by atoms with Gasteiger partial charge in [-0.2, -0.15) is 11.8 Å². The highest BCUT2D eigenvalue weighted by molar-refractivity contribution is 8.00. The van der Waals surface area contributed by atoms with E-state index < -0.39 is 9.84 Å². The molecule has 0 spiro atoms. The summed E-state index contributed by atoms with van der Waals surface area (Å²) in [5.74, 6) is 1.69. The van der Waals surface area contributed by atoms with Crippen LogP contribution in [0, 0.1) is 0 Å². The normalized spacial score (nSPS) is 21.2. The highest BCUT2D eigenvalue weighted by atomic mass is 35.5. The van der Waals surface area contributed by atoms with Crippen LogP contribution in [0.4, 0.5) is 0 Å². The fourth-order valence-corrected chi connectivity index (χ4v) is 6.18. The summed E-state index contributed by atoms with van der Waals surface area (Å²) in [6.07, 6.45) is 1.33. The van der Waals surface area contributed by atoms with E-state index in [-0.39, 0.29) is 5.37 Å². The van der Waals surface area contributed by atoms with Crippen molar-refractivity contribution >= 4 is 44.5 Å². The lowest BCUT2D eigenvalue weighted by atomic mass is 10.4. The van der Waals surface area contributed by atoms with E-state index in [1.54, 1.807) is 23.1 Å². The monoisotopic (exact) mass is 354 g/mol. The van der Waals surface area contributed by atoms with Gasteiger partial charge in [0.15, 0.2) is 9.84 Å². The van der Waals surface area contributed by atoms with E-state index in [9.17, 15) is 8.42 Å². The van der Waals surface area contributed by atoms with E-state index in [1.165, 1.54) is 11.1 Å². The van der Waals surface area contributed by atoms with E-state index >= 15 is 0 Å². The molecule has 1 N–H and O–H groups in total. The summed E-state index contributed by atoms with van der Waals surface area (Å²) >= 11 is 9.16. The number of thiophene rings is 1. The SMILES string of the molecule is CS(=O)(=O)C1CSCCN1CCNCc1ccc(Cl)s1. The molecule has 4 nitrogen and oxygen atoms in total. The number of halogens is 1. The molecule has 1 atom stereocenters. The van der Waals surface area contributed by atoms with Crippen molar-refractivity contribution in [2.24, 2.45) is 0 Å². The lowest BCUT2D eigenvalue weighted by molar-refractivity contribution is 0.270. The molecule has 1 aromatic heterocycles. The predicted molar refractivity (Wildman–Crippen MR) is 88.6 cm³/mol. The molecule has 1 fully saturated rings. The molecule has 0 aromatic carbocycles. The van der Waals surface area contributed by atoms with Crippen LogP contribution in [0.25, 0.3) is 0 Å². The van der Waals surface area contributed by atoms with Crippen LogP contribution in [-0.4, -0.2) is 56.1 Å². The highest BCUT2D eigenvalue weighted by Crippen LogP contribution is 2.21. The van der Waals surface area contributed by atoms with E-state index in [2.05, 4.69) is 10.2 Å². The highest BCUT2D eigenvalue weighted by Gasteiger charge is 2.30. The second-order valence-electron chi connectivity index (χ2n) is 4.78. The van der Waals surface area contributed by atoms with Gasteiger partial charge in [0, 0.05) is 48.8 Å². The zero-order chi connectivity index (χ0) is 14.6. The van der Waals surface area contributed by atoms with Crippen LogP contribution in [0.3, 0.4) is 0 Å². The molecule has 1 saturated heterocycles. The number of nitrogens with one attached hydrogen (secondary N) is 1. The van der Waals surface area contributed by atoms with Crippen molar-refractivity contribution in [3.05, 3.63) is 21.3 Å². The average Bonchev–Trinajstić information content (AvgIpc) is 2.80. The van der Waals surface area contributed by atoms with Gasteiger partial charge >= 0.3 is 0 Å². The van der Waals surface area contributed by atoms with Gasteiger partial charge in [-0.05, 0) is 12.1 Å². The van der Waals surface area contributed by atoms with Gasteiger partial charge in [0.1, 0.15) is 5.37 Å². The number of sulfone groups is 1. The van der Waals surface area contributed by atoms with Crippen LogP contribution in [0.5, 0.6) is 0 Å². The van der Waals surface area contributed by atoms with Gasteiger partial charge in [-0.1, -0.05) is 11.6 Å². The molecule has 114 valence electrons. The lowest BCUT2D eigenvalue weighted by Gasteiger charge is -2.33. The number of hydrogen-bond donors (Lipinski definition) is 1. The molecule has 0 radical (unpaired) electrons. The molecule has 0 aliphatic carbocycles. The number of nitrogens with zero attached hydrogens (tertiary/aromatic N) is 1. The van der Waals surface area contributed by atoms with Gasteiger partial charge in [0.05, 0.1) is 4.34 Å². The van der Waals surface area contributed by atoms with E-state index in [0.717, 1.165) is 36.3 Å². The van der Waals surface area contributed by atoms with Crippen LogP contribution in [0.15, 0.2) is 12.1 Å². The standard InChI is InChI=1S/C12H19ClN2O2S3/c1-20(16,17)12-9-18-7-6-15(12)5-4-14-8-10-2-3-11(13)19-10/h2-3,12,14H,4-9H2,1H3. The minimum atomic E-state index is -3.00. The Labute approximate surface area is 133 Å². The molecule has 1 aromatic rings.